The van der Waals surface area contributed by atoms with Crippen molar-refractivity contribution < 1.29 is 0 Å². The molecule has 6 heterocycles. The van der Waals surface area contributed by atoms with Crippen LogP contribution in [-0.4, -0.2) is 19.5 Å². The zero-order valence-electron chi connectivity index (χ0n) is 96.7. The molecule has 0 aliphatic rings. The minimum Gasteiger partial charge on any atom is -0.315 e. The summed E-state index contributed by atoms with van der Waals surface area (Å²) in [5, 5.41) is 12.1. The van der Waals surface area contributed by atoms with Crippen molar-refractivity contribution in [1.29, 1.82) is 0 Å². The van der Waals surface area contributed by atoms with Gasteiger partial charge in [0, 0.05) is 72.0 Å². The molecule has 0 saturated heterocycles. The van der Waals surface area contributed by atoms with E-state index in [9.17, 15) is 0 Å². The standard InChI is InChI=1S/3C14H9N.2C11H16.C8H10S.3C6H10.19C2H6/c3*1-2-7-13-11(5-1)12-6-3-4-10-8-9-15(13)14(10)12;2*1-9-7-5-6-8-10(9)11(2,3)4;1-7-5-3-4-6-8(7)9-2;3*1-3-5-6-4-2;19*1-2/h3*1-9H;2*5-8H,1-4H3;3-6H,1-2H3;3*3-6H,1-2H3;19*1-2H3/b;;;;;;3*5-3-,6-4-;;;;;;;;;;;;;;;;;;;. The van der Waals surface area contributed by atoms with Crippen LogP contribution in [0, 0.1) is 20.8 Å². The van der Waals surface area contributed by atoms with Crippen LogP contribution < -0.4 is 0 Å². The van der Waals surface area contributed by atoms with Gasteiger partial charge in [-0.25, -0.2) is 0 Å². The number of hydrogen-bond donors (Lipinski definition) is 0. The summed E-state index contributed by atoms with van der Waals surface area (Å²) in [6.45, 7) is 108. The van der Waals surface area contributed by atoms with Crippen molar-refractivity contribution in [2.24, 2.45) is 0 Å². The third kappa shape index (κ3) is 57.7. The summed E-state index contributed by atoms with van der Waals surface area (Å²) in [4.78, 5) is 1.37. The molecule has 4 heteroatoms. The monoisotopic (exact) mass is 1820 g/mol. The van der Waals surface area contributed by atoms with E-state index in [-0.39, 0.29) is 10.8 Å². The Morgan fingerprint density at radius 2 is 0.386 bits per heavy atom. The first-order chi connectivity index (χ1) is 64.5. The molecule has 6 aromatic heterocycles. The maximum atomic E-state index is 2.28. The molecule has 9 aromatic carbocycles. The number of hydrogen-bond acceptors (Lipinski definition) is 1. The second-order valence-corrected chi connectivity index (χ2v) is 25.9. The maximum absolute atomic E-state index is 2.28. The summed E-state index contributed by atoms with van der Waals surface area (Å²) in [5.41, 5.74) is 15.5. The number of para-hydroxylation sites is 6. The Morgan fingerprint density at radius 3 is 0.561 bits per heavy atom. The fraction of sp³-hybridized carbons (Fsp3) is 0.438. The molecule has 0 bridgehead atoms. The minimum atomic E-state index is 0.283. The van der Waals surface area contributed by atoms with Crippen molar-refractivity contribution in [2.75, 3.05) is 6.26 Å². The molecule has 0 radical (unpaired) electrons. The number of aryl methyl sites for hydroxylation is 3. The normalized spacial score (nSPS) is 9.14. The van der Waals surface area contributed by atoms with Crippen molar-refractivity contribution >= 4 is 93.3 Å². The average molecular weight is 1830 g/mol. The number of allylic oxidation sites excluding steroid dienone is 12. The van der Waals surface area contributed by atoms with E-state index >= 15 is 0 Å². The van der Waals surface area contributed by atoms with Crippen molar-refractivity contribution in [3.8, 4) is 0 Å². The van der Waals surface area contributed by atoms with E-state index in [1.165, 1.54) is 114 Å². The van der Waals surface area contributed by atoms with Gasteiger partial charge in [0.25, 0.3) is 0 Å². The number of aromatic nitrogens is 3. The lowest BCUT2D eigenvalue weighted by atomic mass is 9.84. The molecule has 15 aromatic rings. The number of fused-ring (bicyclic) bond motifs is 9. The zero-order valence-corrected chi connectivity index (χ0v) is 97.5. The Morgan fingerprint density at radius 1 is 0.205 bits per heavy atom. The van der Waals surface area contributed by atoms with Crippen molar-refractivity contribution in [2.45, 2.75) is 383 Å². The van der Waals surface area contributed by atoms with Crippen LogP contribution in [-0.2, 0) is 10.8 Å². The summed E-state index contributed by atoms with van der Waals surface area (Å²) in [7, 11) is 0. The Hall–Kier alpha value is -9.61. The van der Waals surface area contributed by atoms with Crippen LogP contribution in [0.1, 0.15) is 374 Å². The Balaban J connectivity index is -0.000000106. The van der Waals surface area contributed by atoms with Gasteiger partial charge in [0.05, 0.1) is 33.1 Å². The number of thioether (sulfide) groups is 1. The molecular weight excluding hydrogens is 1610 g/mol. The van der Waals surface area contributed by atoms with Crippen LogP contribution in [0.2, 0.25) is 0 Å². The van der Waals surface area contributed by atoms with E-state index in [1.807, 2.05) is 378 Å². The molecule has 0 fully saturated rings. The van der Waals surface area contributed by atoms with Gasteiger partial charge in [-0.2, -0.15) is 0 Å². The van der Waals surface area contributed by atoms with Crippen LogP contribution in [0.25, 0.3) is 81.6 Å². The van der Waals surface area contributed by atoms with Crippen LogP contribution in [0.3, 0.4) is 0 Å². The predicted octanol–water partition coefficient (Wildman–Crippen LogP) is 46.3. The van der Waals surface area contributed by atoms with Crippen molar-refractivity contribution in [1.82, 2.24) is 13.2 Å². The lowest BCUT2D eigenvalue weighted by Gasteiger charge is -2.21. The number of rotatable bonds is 4. The molecule has 0 unspecified atom stereocenters. The number of nitrogens with zero attached hydrogens (tertiary/aromatic N) is 3. The van der Waals surface area contributed by atoms with Gasteiger partial charge < -0.3 is 13.2 Å². The van der Waals surface area contributed by atoms with Gasteiger partial charge in [-0.05, 0) is 150 Å². The highest BCUT2D eigenvalue weighted by atomic mass is 32.2. The lowest BCUT2D eigenvalue weighted by molar-refractivity contribution is 0.586. The van der Waals surface area contributed by atoms with E-state index in [2.05, 4.69) is 319 Å². The quantitative estimate of drug-likeness (QED) is 0.126. The predicted molar refractivity (Wildman–Crippen MR) is 638 cm³/mol. The molecule has 3 nitrogen and oxygen atoms in total. The molecule has 15 rings (SSSR count). The van der Waals surface area contributed by atoms with Crippen LogP contribution >= 0.6 is 11.8 Å². The Labute approximate surface area is 827 Å². The van der Waals surface area contributed by atoms with E-state index in [0.29, 0.717) is 0 Å². The van der Waals surface area contributed by atoms with Gasteiger partial charge in [0.1, 0.15) is 0 Å². The average Bonchev–Trinajstić information content (AvgIpc) is 1.60. The highest BCUT2D eigenvalue weighted by Crippen LogP contribution is 2.35. The first kappa shape index (κ1) is 151. The fourth-order valence-corrected chi connectivity index (χ4v) is 12.5. The first-order valence-electron chi connectivity index (χ1n) is 52.0. The van der Waals surface area contributed by atoms with Crippen LogP contribution in [0.15, 0.2) is 315 Å². The third-order valence-electron chi connectivity index (χ3n) is 16.2. The first-order valence-corrected chi connectivity index (χ1v) is 53.2. The van der Waals surface area contributed by atoms with E-state index in [4.69, 9.17) is 0 Å². The smallest absolute Gasteiger partial charge is 0.0607 e. The number of benzene rings is 9. The molecule has 746 valence electrons. The minimum absolute atomic E-state index is 0.283. The van der Waals surface area contributed by atoms with E-state index in [0.717, 1.165) is 0 Å². The summed E-state index contributed by atoms with van der Waals surface area (Å²) in [6.07, 6.45) is 32.6. The van der Waals surface area contributed by atoms with Crippen LogP contribution in [0.4, 0.5) is 0 Å². The molecular formula is C128H213N3S. The molecule has 0 N–H and O–H groups in total. The molecule has 0 aliphatic carbocycles. The molecule has 0 saturated carbocycles. The molecule has 0 atom stereocenters. The van der Waals surface area contributed by atoms with Gasteiger partial charge in [-0.15, -0.1) is 11.8 Å². The summed E-state index contributed by atoms with van der Waals surface area (Å²) in [6, 6.07) is 77.2. The summed E-state index contributed by atoms with van der Waals surface area (Å²) >= 11 is 1.80. The van der Waals surface area contributed by atoms with Crippen LogP contribution in [0.5, 0.6) is 0 Å². The second kappa shape index (κ2) is 110. The van der Waals surface area contributed by atoms with Gasteiger partial charge in [0.2, 0.25) is 0 Å². The second-order valence-electron chi connectivity index (χ2n) is 25.1. The molecule has 132 heavy (non-hydrogen) atoms. The Kier molecular flexibility index (Phi) is 126. The van der Waals surface area contributed by atoms with Gasteiger partial charge in [0.15, 0.2) is 0 Å². The summed E-state index contributed by atoms with van der Waals surface area (Å²) < 4.78 is 6.83. The lowest BCUT2D eigenvalue weighted by Crippen LogP contribution is -2.12. The largest absolute Gasteiger partial charge is 0.315 e. The van der Waals surface area contributed by atoms with Crippen molar-refractivity contribution in [3.63, 3.8) is 0 Å². The third-order valence-corrected chi connectivity index (χ3v) is 17.1. The topological polar surface area (TPSA) is 13.2 Å². The van der Waals surface area contributed by atoms with E-state index < -0.39 is 0 Å². The van der Waals surface area contributed by atoms with Gasteiger partial charge in [-0.1, -0.05) is 553 Å². The highest BCUT2D eigenvalue weighted by Gasteiger charge is 2.17. The zero-order chi connectivity index (χ0) is 106. The molecule has 0 amide bonds. The van der Waals surface area contributed by atoms with E-state index in [1.54, 1.807) is 11.8 Å². The SMILES string of the molecule is C/C=C\C=C/C.C/C=C\C=C/C.C/C=C\C=C/C.CC.CC.CC.CC.CC.CC.CC.CC.CC.CC.CC.CC.CC.CC.CC.CC.CC.CC.CC.CSc1ccccc1C.Cc1ccccc1C(C)(C)C.Cc1ccccc1C(C)(C)C.c1ccc2c(c1)c1cccc3ccn2c31.c1ccc2c(c1)c1cccc3ccn2c31.c1ccc2c(c1)c1cccc3ccn2c31. The molecule has 0 aliphatic heterocycles. The molecule has 0 spiro atoms. The van der Waals surface area contributed by atoms with Crippen molar-refractivity contribution in [3.05, 3.63) is 338 Å². The summed E-state index contributed by atoms with van der Waals surface area (Å²) in [5.74, 6) is 0. The van der Waals surface area contributed by atoms with Gasteiger partial charge >= 0.3 is 0 Å². The van der Waals surface area contributed by atoms with Gasteiger partial charge in [-0.3, -0.25) is 0 Å². The highest BCUT2D eigenvalue weighted by molar-refractivity contribution is 7.98. The maximum Gasteiger partial charge on any atom is 0.0607 e. The fourth-order valence-electron chi connectivity index (χ4n) is 11.9. The Bertz CT molecular complexity index is 4380.